The van der Waals surface area contributed by atoms with Gasteiger partial charge >= 0.3 is 0 Å². The van der Waals surface area contributed by atoms with Crippen molar-refractivity contribution in [3.63, 3.8) is 0 Å². The second kappa shape index (κ2) is 9.22. The van der Waals surface area contributed by atoms with Crippen LogP contribution in [0, 0.1) is 20.8 Å². The number of ether oxygens (including phenoxy) is 1. The molecule has 3 aromatic heterocycles. The predicted octanol–water partition coefficient (Wildman–Crippen LogP) is 4.93. The zero-order valence-corrected chi connectivity index (χ0v) is 20.0. The molecule has 0 atom stereocenters. The smallest absolute Gasteiger partial charge is 0.262 e. The lowest BCUT2D eigenvalue weighted by Crippen LogP contribution is -2.23. The highest BCUT2D eigenvalue weighted by Crippen LogP contribution is 2.31. The molecule has 0 radical (unpaired) electrons. The molecule has 1 N–H and O–H groups in total. The Morgan fingerprint density at radius 1 is 1.12 bits per heavy atom. The van der Waals surface area contributed by atoms with Crippen LogP contribution >= 0.6 is 22.7 Å². The van der Waals surface area contributed by atoms with Gasteiger partial charge in [0.15, 0.2) is 5.13 Å². The first-order chi connectivity index (χ1) is 15.4. The van der Waals surface area contributed by atoms with Gasteiger partial charge in [-0.3, -0.25) is 14.2 Å². The quantitative estimate of drug-likeness (QED) is 0.415. The molecular weight excluding hydrogens is 444 g/mol. The second-order valence-corrected chi connectivity index (χ2v) is 9.79. The van der Waals surface area contributed by atoms with Gasteiger partial charge in [-0.05, 0) is 57.5 Å². The van der Waals surface area contributed by atoms with E-state index in [1.807, 2.05) is 52.0 Å². The van der Waals surface area contributed by atoms with Gasteiger partial charge in [-0.2, -0.15) is 0 Å². The average molecular weight is 469 g/mol. The molecule has 1 amide bonds. The average Bonchev–Trinajstić information content (AvgIpc) is 3.27. The minimum absolute atomic E-state index is 0.104. The van der Waals surface area contributed by atoms with Crippen molar-refractivity contribution < 1.29 is 9.53 Å². The van der Waals surface area contributed by atoms with Crippen LogP contribution in [-0.4, -0.2) is 27.0 Å². The van der Waals surface area contributed by atoms with Gasteiger partial charge in [0, 0.05) is 28.3 Å². The molecular formula is C23H24N4O3S2. The zero-order chi connectivity index (χ0) is 22.8. The molecule has 0 aliphatic rings. The Hall–Kier alpha value is -3.04. The molecule has 3 heterocycles. The number of fused-ring (bicyclic) bond motifs is 1. The van der Waals surface area contributed by atoms with Gasteiger partial charge in [0.25, 0.3) is 5.56 Å². The number of carbonyl (C=O) groups excluding carboxylic acids is 1. The normalized spacial score (nSPS) is 11.1. The molecule has 0 bridgehead atoms. The largest absolute Gasteiger partial charge is 0.494 e. The highest BCUT2D eigenvalue weighted by Gasteiger charge is 2.15. The van der Waals surface area contributed by atoms with Crippen molar-refractivity contribution in [2.24, 2.45) is 0 Å². The molecule has 9 heteroatoms. The molecule has 0 spiro atoms. The van der Waals surface area contributed by atoms with Crippen LogP contribution in [0.5, 0.6) is 5.75 Å². The van der Waals surface area contributed by atoms with Gasteiger partial charge in [0.2, 0.25) is 5.91 Å². The highest BCUT2D eigenvalue weighted by atomic mass is 32.1. The Bertz CT molecular complexity index is 1340. The number of benzene rings is 1. The molecule has 0 fully saturated rings. The summed E-state index contributed by atoms with van der Waals surface area (Å²) in [6, 6.07) is 7.75. The van der Waals surface area contributed by atoms with E-state index in [-0.39, 0.29) is 24.4 Å². The number of hydrogen-bond acceptors (Lipinski definition) is 7. The summed E-state index contributed by atoms with van der Waals surface area (Å²) in [5.74, 6) is 0.621. The standard InChI is InChI=1S/C23H24N4O3S2/c1-5-30-17-8-6-16(7-9-17)20-15(4)32-23(26-20)25-18(28)10-11-27-12-24-21-19(22(27)29)13(2)14(3)31-21/h6-9,12H,5,10-11H2,1-4H3,(H,25,26,28). The number of anilines is 1. The van der Waals surface area contributed by atoms with Crippen LogP contribution in [0.3, 0.4) is 0 Å². The maximum Gasteiger partial charge on any atom is 0.262 e. The molecule has 1 aromatic carbocycles. The minimum atomic E-state index is -0.192. The monoisotopic (exact) mass is 468 g/mol. The summed E-state index contributed by atoms with van der Waals surface area (Å²) < 4.78 is 6.98. The van der Waals surface area contributed by atoms with E-state index in [0.717, 1.165) is 37.2 Å². The summed E-state index contributed by atoms with van der Waals surface area (Å²) in [5.41, 5.74) is 2.66. The Labute approximate surface area is 193 Å². The number of carbonyl (C=O) groups is 1. The summed E-state index contributed by atoms with van der Waals surface area (Å²) in [6.07, 6.45) is 1.68. The first-order valence-corrected chi connectivity index (χ1v) is 12.0. The van der Waals surface area contributed by atoms with Crippen LogP contribution in [0.25, 0.3) is 21.5 Å². The van der Waals surface area contributed by atoms with Gasteiger partial charge in [-0.1, -0.05) is 0 Å². The Balaban J connectivity index is 1.43. The van der Waals surface area contributed by atoms with Crippen molar-refractivity contribution in [2.75, 3.05) is 11.9 Å². The number of amides is 1. The predicted molar refractivity (Wildman–Crippen MR) is 130 cm³/mol. The number of thiophene rings is 1. The summed E-state index contributed by atoms with van der Waals surface area (Å²) in [4.78, 5) is 37.1. The number of thiazole rings is 1. The van der Waals surface area contributed by atoms with Gasteiger partial charge in [-0.25, -0.2) is 9.97 Å². The van der Waals surface area contributed by atoms with Crippen molar-refractivity contribution >= 4 is 43.9 Å². The SMILES string of the molecule is CCOc1ccc(-c2nc(NC(=O)CCn3cnc4sc(C)c(C)c4c3=O)sc2C)cc1. The van der Waals surface area contributed by atoms with E-state index in [1.165, 1.54) is 33.6 Å². The van der Waals surface area contributed by atoms with Crippen molar-refractivity contribution in [3.05, 3.63) is 56.3 Å². The number of nitrogens with zero attached hydrogens (tertiary/aromatic N) is 3. The van der Waals surface area contributed by atoms with Gasteiger partial charge in [0.05, 0.1) is 24.0 Å². The second-order valence-electron chi connectivity index (χ2n) is 7.39. The molecule has 4 rings (SSSR count). The van der Waals surface area contributed by atoms with Crippen molar-refractivity contribution in [2.45, 2.75) is 40.7 Å². The third-order valence-corrected chi connectivity index (χ3v) is 7.22. The van der Waals surface area contributed by atoms with Crippen molar-refractivity contribution in [1.29, 1.82) is 0 Å². The third kappa shape index (κ3) is 4.44. The lowest BCUT2D eigenvalue weighted by Gasteiger charge is -2.05. The van der Waals surface area contributed by atoms with Crippen molar-refractivity contribution in [1.82, 2.24) is 14.5 Å². The minimum Gasteiger partial charge on any atom is -0.494 e. The number of aromatic nitrogens is 3. The number of aryl methyl sites for hydroxylation is 4. The van der Waals surface area contributed by atoms with E-state index in [4.69, 9.17) is 4.74 Å². The Morgan fingerprint density at radius 2 is 1.88 bits per heavy atom. The highest BCUT2D eigenvalue weighted by molar-refractivity contribution is 7.18. The van der Waals surface area contributed by atoms with Crippen LogP contribution in [0.2, 0.25) is 0 Å². The molecule has 7 nitrogen and oxygen atoms in total. The van der Waals surface area contributed by atoms with Crippen LogP contribution in [0.4, 0.5) is 5.13 Å². The first-order valence-electron chi connectivity index (χ1n) is 10.3. The molecule has 166 valence electrons. The van der Waals surface area contributed by atoms with E-state index in [2.05, 4.69) is 15.3 Å². The molecule has 0 aliphatic heterocycles. The summed E-state index contributed by atoms with van der Waals surface area (Å²) in [5, 5.41) is 4.04. The van der Waals surface area contributed by atoms with E-state index >= 15 is 0 Å². The van der Waals surface area contributed by atoms with Crippen LogP contribution in [0.1, 0.15) is 28.7 Å². The number of hydrogen-bond donors (Lipinski definition) is 1. The first kappa shape index (κ1) is 22.2. The fourth-order valence-corrected chi connectivity index (χ4v) is 5.27. The fraction of sp³-hybridized carbons (Fsp3) is 0.304. The van der Waals surface area contributed by atoms with Crippen molar-refractivity contribution in [3.8, 4) is 17.0 Å². The molecule has 0 saturated carbocycles. The van der Waals surface area contributed by atoms with E-state index in [9.17, 15) is 9.59 Å². The molecule has 32 heavy (non-hydrogen) atoms. The zero-order valence-electron chi connectivity index (χ0n) is 18.4. The van der Waals surface area contributed by atoms with Crippen LogP contribution in [-0.2, 0) is 11.3 Å². The van der Waals surface area contributed by atoms with E-state index in [1.54, 1.807) is 0 Å². The van der Waals surface area contributed by atoms with Gasteiger partial charge in [-0.15, -0.1) is 22.7 Å². The lowest BCUT2D eigenvalue weighted by molar-refractivity contribution is -0.116. The fourth-order valence-electron chi connectivity index (χ4n) is 3.43. The maximum absolute atomic E-state index is 12.8. The molecule has 0 unspecified atom stereocenters. The Kier molecular flexibility index (Phi) is 6.38. The summed E-state index contributed by atoms with van der Waals surface area (Å²) in [6.45, 7) is 8.72. The molecule has 0 saturated heterocycles. The molecule has 4 aromatic rings. The van der Waals surface area contributed by atoms with Gasteiger partial charge in [0.1, 0.15) is 10.6 Å². The summed E-state index contributed by atoms with van der Waals surface area (Å²) >= 11 is 2.94. The third-order valence-electron chi connectivity index (χ3n) is 5.22. The van der Waals surface area contributed by atoms with Gasteiger partial charge < -0.3 is 10.1 Å². The van der Waals surface area contributed by atoms with E-state index in [0.29, 0.717) is 17.1 Å². The summed E-state index contributed by atoms with van der Waals surface area (Å²) in [7, 11) is 0. The van der Waals surface area contributed by atoms with E-state index < -0.39 is 0 Å². The molecule has 0 aliphatic carbocycles. The maximum atomic E-state index is 12.8. The van der Waals surface area contributed by atoms with Crippen LogP contribution < -0.4 is 15.6 Å². The van der Waals surface area contributed by atoms with Crippen LogP contribution in [0.15, 0.2) is 35.4 Å². The lowest BCUT2D eigenvalue weighted by atomic mass is 10.1. The Morgan fingerprint density at radius 3 is 2.59 bits per heavy atom. The number of rotatable bonds is 7. The number of nitrogens with one attached hydrogen (secondary N) is 1. The topological polar surface area (TPSA) is 86.1 Å².